The van der Waals surface area contributed by atoms with Crippen LogP contribution in [0.4, 0.5) is 4.79 Å². The first-order valence-corrected chi connectivity index (χ1v) is 8.07. The molecule has 2 amide bonds. The molecule has 0 saturated heterocycles. The third-order valence-electron chi connectivity index (χ3n) is 3.89. The van der Waals surface area contributed by atoms with Crippen LogP contribution in [0.1, 0.15) is 49.2 Å². The zero-order valence-electron chi connectivity index (χ0n) is 14.5. The zero-order chi connectivity index (χ0) is 17.7. The quantitative estimate of drug-likeness (QED) is 0.722. The monoisotopic (exact) mass is 335 g/mol. The molecule has 3 unspecified atom stereocenters. The van der Waals surface area contributed by atoms with Gasteiger partial charge < -0.3 is 24.7 Å². The van der Waals surface area contributed by atoms with Gasteiger partial charge in [-0.15, -0.1) is 0 Å². The number of furan rings is 1. The molecule has 7 nitrogen and oxygen atoms in total. The Kier molecular flexibility index (Phi) is 6.03. The molecular weight excluding hydrogens is 310 g/mol. The maximum Gasteiger partial charge on any atom is 0.315 e. The number of nitrogens with one attached hydrogen (secondary N) is 2. The van der Waals surface area contributed by atoms with Gasteiger partial charge in [0.1, 0.15) is 17.6 Å². The second-order valence-electron chi connectivity index (χ2n) is 6.19. The van der Waals surface area contributed by atoms with Crippen molar-refractivity contribution in [2.45, 2.75) is 58.7 Å². The summed E-state index contributed by atoms with van der Waals surface area (Å²) >= 11 is 0. The number of hydrogen-bond donors (Lipinski definition) is 3. The van der Waals surface area contributed by atoms with Crippen LogP contribution in [0.3, 0.4) is 0 Å². The molecule has 3 N–H and O–H groups in total. The van der Waals surface area contributed by atoms with Crippen molar-refractivity contribution in [1.82, 2.24) is 15.8 Å². The fourth-order valence-corrected chi connectivity index (χ4v) is 2.63. The molecule has 0 aliphatic carbocycles. The van der Waals surface area contributed by atoms with Crippen LogP contribution in [-0.4, -0.2) is 28.4 Å². The number of aromatic nitrogens is 1. The van der Waals surface area contributed by atoms with Crippen LogP contribution in [0.15, 0.2) is 27.3 Å². The highest BCUT2D eigenvalue weighted by atomic mass is 16.5. The summed E-state index contributed by atoms with van der Waals surface area (Å²) < 4.78 is 10.3. The average molecular weight is 335 g/mol. The van der Waals surface area contributed by atoms with Crippen LogP contribution in [0.2, 0.25) is 0 Å². The van der Waals surface area contributed by atoms with E-state index in [4.69, 9.17) is 8.94 Å². The van der Waals surface area contributed by atoms with Gasteiger partial charge in [-0.05, 0) is 46.2 Å². The number of aryl methyl sites for hydroxylation is 2. The van der Waals surface area contributed by atoms with Crippen LogP contribution in [0.25, 0.3) is 0 Å². The van der Waals surface area contributed by atoms with Gasteiger partial charge in [0.05, 0.1) is 12.0 Å². The Morgan fingerprint density at radius 3 is 2.58 bits per heavy atom. The summed E-state index contributed by atoms with van der Waals surface area (Å²) in [7, 11) is 0. The van der Waals surface area contributed by atoms with Crippen molar-refractivity contribution in [3.05, 3.63) is 41.2 Å². The number of carbonyl (C=O) groups excluding carboxylic acids is 1. The Morgan fingerprint density at radius 1 is 1.29 bits per heavy atom. The molecule has 0 bridgehead atoms. The summed E-state index contributed by atoms with van der Waals surface area (Å²) in [5.41, 5.74) is 1.86. The van der Waals surface area contributed by atoms with E-state index in [-0.39, 0.29) is 18.1 Å². The van der Waals surface area contributed by atoms with Gasteiger partial charge in [-0.1, -0.05) is 5.16 Å². The molecule has 7 heteroatoms. The Balaban J connectivity index is 1.77. The van der Waals surface area contributed by atoms with Gasteiger partial charge in [0, 0.05) is 24.1 Å². The lowest BCUT2D eigenvalue weighted by Gasteiger charge is -2.19. The molecule has 0 aliphatic heterocycles. The predicted molar refractivity (Wildman–Crippen MR) is 88.6 cm³/mol. The Hall–Kier alpha value is -2.28. The molecular formula is C17H25N3O4. The van der Waals surface area contributed by atoms with Crippen molar-refractivity contribution in [2.75, 3.05) is 0 Å². The molecule has 132 valence electrons. The Labute approximate surface area is 141 Å². The number of carbonyl (C=O) groups is 1. The number of rotatable bonds is 7. The van der Waals surface area contributed by atoms with Crippen molar-refractivity contribution >= 4 is 6.03 Å². The van der Waals surface area contributed by atoms with E-state index in [9.17, 15) is 9.90 Å². The number of amides is 2. The van der Waals surface area contributed by atoms with Gasteiger partial charge in [0.25, 0.3) is 0 Å². The first-order chi connectivity index (χ1) is 11.4. The van der Waals surface area contributed by atoms with Gasteiger partial charge in [-0.25, -0.2) is 4.79 Å². The van der Waals surface area contributed by atoms with Gasteiger partial charge in [-0.2, -0.15) is 0 Å². The van der Waals surface area contributed by atoms with E-state index < -0.39 is 6.10 Å². The van der Waals surface area contributed by atoms with Crippen LogP contribution < -0.4 is 10.6 Å². The molecule has 0 aliphatic rings. The minimum absolute atomic E-state index is 0.0657. The van der Waals surface area contributed by atoms with E-state index in [1.54, 1.807) is 12.1 Å². The first kappa shape index (κ1) is 18.1. The fourth-order valence-electron chi connectivity index (χ4n) is 2.63. The number of aliphatic hydroxyl groups excluding tert-OH is 1. The zero-order valence-corrected chi connectivity index (χ0v) is 14.5. The molecule has 2 aromatic rings. The van der Waals surface area contributed by atoms with E-state index >= 15 is 0 Å². The normalized spacial score (nSPS) is 14.9. The van der Waals surface area contributed by atoms with Crippen molar-refractivity contribution in [3.8, 4) is 0 Å². The molecule has 0 spiro atoms. The summed E-state index contributed by atoms with van der Waals surface area (Å²) in [6.45, 7) is 7.51. The number of urea groups is 1. The lowest BCUT2D eigenvalue weighted by Crippen LogP contribution is -2.45. The molecule has 0 aromatic carbocycles. The maximum absolute atomic E-state index is 12.1. The van der Waals surface area contributed by atoms with Crippen molar-refractivity contribution < 1.29 is 18.8 Å². The van der Waals surface area contributed by atoms with Crippen LogP contribution in [-0.2, 0) is 6.42 Å². The van der Waals surface area contributed by atoms with E-state index in [1.165, 1.54) is 6.26 Å². The molecule has 24 heavy (non-hydrogen) atoms. The fraction of sp³-hybridized carbons (Fsp3) is 0.529. The van der Waals surface area contributed by atoms with Crippen molar-refractivity contribution in [1.29, 1.82) is 0 Å². The predicted octanol–water partition coefficient (Wildman–Crippen LogP) is 2.63. The van der Waals surface area contributed by atoms with Gasteiger partial charge >= 0.3 is 6.03 Å². The third-order valence-corrected chi connectivity index (χ3v) is 3.89. The van der Waals surface area contributed by atoms with Crippen LogP contribution in [0.5, 0.6) is 0 Å². The standard InChI is InChI=1S/C17H25N3O4/c1-10(8-14-12(3)20-24-13(14)4)18-17(22)19-11(2)9-15(21)16-6-5-7-23-16/h5-7,10-11,15,21H,8-9H2,1-4H3,(H2,18,19,22). The second kappa shape index (κ2) is 8.01. The smallest absolute Gasteiger partial charge is 0.315 e. The molecule has 0 fully saturated rings. The molecule has 2 heterocycles. The number of aliphatic hydroxyl groups is 1. The highest BCUT2D eigenvalue weighted by Gasteiger charge is 2.18. The van der Waals surface area contributed by atoms with Crippen LogP contribution in [0, 0.1) is 13.8 Å². The van der Waals surface area contributed by atoms with Crippen LogP contribution >= 0.6 is 0 Å². The second-order valence-corrected chi connectivity index (χ2v) is 6.19. The molecule has 3 atom stereocenters. The highest BCUT2D eigenvalue weighted by molar-refractivity contribution is 5.74. The summed E-state index contributed by atoms with van der Waals surface area (Å²) in [5, 5.41) is 19.6. The summed E-state index contributed by atoms with van der Waals surface area (Å²) in [4.78, 5) is 12.1. The summed E-state index contributed by atoms with van der Waals surface area (Å²) in [6, 6.07) is 2.90. The minimum Gasteiger partial charge on any atom is -0.467 e. The summed E-state index contributed by atoms with van der Waals surface area (Å²) in [5.74, 6) is 1.27. The largest absolute Gasteiger partial charge is 0.467 e. The molecule has 0 saturated carbocycles. The van der Waals surface area contributed by atoms with Gasteiger partial charge in [-0.3, -0.25) is 0 Å². The number of hydrogen-bond acceptors (Lipinski definition) is 5. The first-order valence-electron chi connectivity index (χ1n) is 8.07. The van der Waals surface area contributed by atoms with E-state index in [0.29, 0.717) is 18.6 Å². The van der Waals surface area contributed by atoms with Gasteiger partial charge in [0.15, 0.2) is 0 Å². The molecule has 2 rings (SSSR count). The third kappa shape index (κ3) is 4.86. The minimum atomic E-state index is -0.741. The SMILES string of the molecule is Cc1noc(C)c1CC(C)NC(=O)NC(C)CC(O)c1ccco1. The average Bonchev–Trinajstić information content (AvgIpc) is 3.12. The van der Waals surface area contributed by atoms with E-state index in [0.717, 1.165) is 17.0 Å². The lowest BCUT2D eigenvalue weighted by molar-refractivity contribution is 0.129. The summed E-state index contributed by atoms with van der Waals surface area (Å²) in [6.07, 6.45) is 1.80. The van der Waals surface area contributed by atoms with E-state index in [1.807, 2.05) is 27.7 Å². The highest BCUT2D eigenvalue weighted by Crippen LogP contribution is 2.18. The molecule has 2 aromatic heterocycles. The van der Waals surface area contributed by atoms with Crippen molar-refractivity contribution in [3.63, 3.8) is 0 Å². The van der Waals surface area contributed by atoms with Gasteiger partial charge in [0.2, 0.25) is 0 Å². The lowest BCUT2D eigenvalue weighted by atomic mass is 10.1. The van der Waals surface area contributed by atoms with Crippen molar-refractivity contribution in [2.24, 2.45) is 0 Å². The molecule has 0 radical (unpaired) electrons. The van der Waals surface area contributed by atoms with E-state index in [2.05, 4.69) is 15.8 Å². The topological polar surface area (TPSA) is 101 Å². The number of nitrogens with zero attached hydrogens (tertiary/aromatic N) is 1. The maximum atomic E-state index is 12.1. The Bertz CT molecular complexity index is 631. The Morgan fingerprint density at radius 2 is 2.00 bits per heavy atom.